The molecule has 2 aromatic carbocycles. The number of benzene rings is 2. The van der Waals surface area contributed by atoms with Gasteiger partial charge in [-0.3, -0.25) is 0 Å². The number of halogens is 1. The number of hydrogen-bond acceptors (Lipinski definition) is 5. The minimum atomic E-state index is -3.26. The molecule has 1 heterocycles. The molecule has 3 rings (SSSR count). The first-order valence-electron chi connectivity index (χ1n) is 7.05. The second-order valence-electron chi connectivity index (χ2n) is 5.25. The molecule has 0 aliphatic rings. The van der Waals surface area contributed by atoms with E-state index in [0.29, 0.717) is 10.7 Å². The molecule has 0 aliphatic heterocycles. The Morgan fingerprint density at radius 2 is 1.62 bits per heavy atom. The monoisotopic (exact) mass is 363 g/mol. The zero-order valence-electron chi connectivity index (χ0n) is 12.7. The third-order valence-corrected chi connectivity index (χ3v) is 5.69. The third-order valence-electron chi connectivity index (χ3n) is 3.47. The van der Waals surface area contributed by atoms with Crippen molar-refractivity contribution in [1.29, 1.82) is 0 Å². The summed E-state index contributed by atoms with van der Waals surface area (Å²) >= 11 is 1.32. The molecule has 3 aromatic rings. The van der Waals surface area contributed by atoms with E-state index in [1.165, 1.54) is 35.6 Å². The van der Waals surface area contributed by atoms with Crippen molar-refractivity contribution in [1.82, 2.24) is 4.98 Å². The van der Waals surface area contributed by atoms with Gasteiger partial charge in [0.25, 0.3) is 0 Å². The van der Waals surface area contributed by atoms with E-state index < -0.39 is 9.84 Å². The second-order valence-corrected chi connectivity index (χ2v) is 8.35. The summed E-state index contributed by atoms with van der Waals surface area (Å²) < 4.78 is 36.3. The highest BCUT2D eigenvalue weighted by Gasteiger charge is 2.16. The Morgan fingerprint density at radius 3 is 2.17 bits per heavy atom. The summed E-state index contributed by atoms with van der Waals surface area (Å²) in [5.74, 6) is -0.338. The highest BCUT2D eigenvalue weighted by Crippen LogP contribution is 2.37. The molecule has 0 aliphatic carbocycles. The molecule has 0 bridgehead atoms. The lowest BCUT2D eigenvalue weighted by Crippen LogP contribution is -1.96. The lowest BCUT2D eigenvalue weighted by molar-refractivity contribution is 0.281. The van der Waals surface area contributed by atoms with Crippen LogP contribution < -0.4 is 0 Å². The van der Waals surface area contributed by atoms with Crippen LogP contribution in [0.15, 0.2) is 53.4 Å². The number of aliphatic hydroxyl groups is 1. The summed E-state index contributed by atoms with van der Waals surface area (Å²) in [4.78, 5) is 5.44. The van der Waals surface area contributed by atoms with Crippen LogP contribution in [0, 0.1) is 5.82 Å². The first kappa shape index (κ1) is 16.8. The van der Waals surface area contributed by atoms with Gasteiger partial charge in [0.05, 0.1) is 22.1 Å². The molecule has 0 radical (unpaired) electrons. The van der Waals surface area contributed by atoms with E-state index in [2.05, 4.69) is 4.98 Å². The van der Waals surface area contributed by atoms with E-state index in [1.807, 2.05) is 0 Å². The summed E-state index contributed by atoms with van der Waals surface area (Å²) in [7, 11) is -3.26. The van der Waals surface area contributed by atoms with Gasteiger partial charge in [-0.15, -0.1) is 11.3 Å². The minimum Gasteiger partial charge on any atom is -0.389 e. The van der Waals surface area contributed by atoms with Crippen LogP contribution >= 0.6 is 11.3 Å². The zero-order valence-corrected chi connectivity index (χ0v) is 14.4. The summed E-state index contributed by atoms with van der Waals surface area (Å²) in [6.45, 7) is -0.194. The molecule has 7 heteroatoms. The normalized spacial score (nSPS) is 11.6. The number of aliphatic hydroxyl groups excluding tert-OH is 1. The molecule has 0 amide bonds. The Kier molecular flexibility index (Phi) is 4.49. The Labute approximate surface area is 143 Å². The molecule has 4 nitrogen and oxygen atoms in total. The SMILES string of the molecule is CS(=O)(=O)c1ccc(-c2sc(CO)nc2-c2ccc(F)cc2)cc1. The first-order valence-corrected chi connectivity index (χ1v) is 9.76. The van der Waals surface area contributed by atoms with Crippen molar-refractivity contribution in [2.75, 3.05) is 6.26 Å². The van der Waals surface area contributed by atoms with E-state index in [9.17, 15) is 17.9 Å². The molecular formula is C17H14FNO3S2. The van der Waals surface area contributed by atoms with Crippen molar-refractivity contribution in [2.24, 2.45) is 0 Å². The quantitative estimate of drug-likeness (QED) is 0.770. The van der Waals surface area contributed by atoms with Crippen molar-refractivity contribution >= 4 is 21.2 Å². The topological polar surface area (TPSA) is 67.3 Å². The molecule has 0 unspecified atom stereocenters. The fourth-order valence-electron chi connectivity index (χ4n) is 2.28. The van der Waals surface area contributed by atoms with Crippen LogP contribution in [0.5, 0.6) is 0 Å². The van der Waals surface area contributed by atoms with Gasteiger partial charge in [0, 0.05) is 11.8 Å². The largest absolute Gasteiger partial charge is 0.389 e. The molecule has 0 atom stereocenters. The van der Waals surface area contributed by atoms with Crippen LogP contribution in [0.2, 0.25) is 0 Å². The maximum absolute atomic E-state index is 13.1. The van der Waals surface area contributed by atoms with Crippen LogP contribution in [0.25, 0.3) is 21.7 Å². The maximum atomic E-state index is 13.1. The predicted octanol–water partition coefficient (Wildman–Crippen LogP) is 3.51. The molecule has 0 spiro atoms. The maximum Gasteiger partial charge on any atom is 0.175 e. The average molecular weight is 363 g/mol. The fraction of sp³-hybridized carbons (Fsp3) is 0.118. The van der Waals surface area contributed by atoms with Gasteiger partial charge < -0.3 is 5.11 Å². The van der Waals surface area contributed by atoms with Crippen molar-refractivity contribution in [3.8, 4) is 21.7 Å². The van der Waals surface area contributed by atoms with E-state index in [0.717, 1.165) is 22.3 Å². The third kappa shape index (κ3) is 3.38. The molecule has 0 saturated carbocycles. The molecular weight excluding hydrogens is 349 g/mol. The van der Waals surface area contributed by atoms with Crippen molar-refractivity contribution in [2.45, 2.75) is 11.5 Å². The lowest BCUT2D eigenvalue weighted by atomic mass is 10.1. The zero-order chi connectivity index (χ0) is 17.3. The second kappa shape index (κ2) is 6.43. The Bertz CT molecular complexity index is 962. The van der Waals surface area contributed by atoms with E-state index in [1.54, 1.807) is 24.3 Å². The molecule has 1 aromatic heterocycles. The molecule has 24 heavy (non-hydrogen) atoms. The van der Waals surface area contributed by atoms with Crippen molar-refractivity contribution in [3.63, 3.8) is 0 Å². The number of sulfone groups is 1. The van der Waals surface area contributed by atoms with Crippen LogP contribution in [0.4, 0.5) is 4.39 Å². The van der Waals surface area contributed by atoms with Crippen LogP contribution in [-0.2, 0) is 16.4 Å². The van der Waals surface area contributed by atoms with Gasteiger partial charge in [-0.25, -0.2) is 17.8 Å². The summed E-state index contributed by atoms with van der Waals surface area (Å²) in [5, 5.41) is 9.91. The van der Waals surface area contributed by atoms with Gasteiger partial charge in [0.1, 0.15) is 10.8 Å². The van der Waals surface area contributed by atoms with Gasteiger partial charge in [-0.2, -0.15) is 0 Å². The number of thiazole rings is 1. The van der Waals surface area contributed by atoms with Crippen LogP contribution in [0.1, 0.15) is 5.01 Å². The van der Waals surface area contributed by atoms with E-state index in [-0.39, 0.29) is 17.3 Å². The Hall–Kier alpha value is -2.09. The van der Waals surface area contributed by atoms with Gasteiger partial charge in [0.2, 0.25) is 0 Å². The van der Waals surface area contributed by atoms with Crippen molar-refractivity contribution in [3.05, 3.63) is 59.4 Å². The molecule has 124 valence electrons. The van der Waals surface area contributed by atoms with E-state index >= 15 is 0 Å². The summed E-state index contributed by atoms with van der Waals surface area (Å²) in [6, 6.07) is 12.4. The standard InChI is InChI=1S/C17H14FNO3S2/c1-24(21,22)14-8-4-12(5-9-14)17-16(19-15(10-20)23-17)11-2-6-13(18)7-3-11/h2-9,20H,10H2,1H3. The van der Waals surface area contributed by atoms with Gasteiger partial charge in [-0.1, -0.05) is 12.1 Å². The van der Waals surface area contributed by atoms with Gasteiger partial charge in [-0.05, 0) is 42.0 Å². The average Bonchev–Trinajstić information content (AvgIpc) is 2.99. The Balaban J connectivity index is 2.10. The number of nitrogens with zero attached hydrogens (tertiary/aromatic N) is 1. The summed E-state index contributed by atoms with van der Waals surface area (Å²) in [6.07, 6.45) is 1.16. The molecule has 1 N–H and O–H groups in total. The van der Waals surface area contributed by atoms with Crippen LogP contribution in [-0.4, -0.2) is 24.8 Å². The number of aromatic nitrogens is 1. The fourth-order valence-corrected chi connectivity index (χ4v) is 3.87. The lowest BCUT2D eigenvalue weighted by Gasteiger charge is -2.04. The Morgan fingerprint density at radius 1 is 1.04 bits per heavy atom. The highest BCUT2D eigenvalue weighted by atomic mass is 32.2. The smallest absolute Gasteiger partial charge is 0.175 e. The molecule has 0 saturated heterocycles. The van der Waals surface area contributed by atoms with Crippen LogP contribution in [0.3, 0.4) is 0 Å². The molecule has 0 fully saturated rings. The van der Waals surface area contributed by atoms with E-state index in [4.69, 9.17) is 0 Å². The number of hydrogen-bond donors (Lipinski definition) is 1. The minimum absolute atomic E-state index is 0.194. The number of rotatable bonds is 4. The first-order chi connectivity index (χ1) is 11.4. The summed E-state index contributed by atoms with van der Waals surface area (Å²) in [5.41, 5.74) is 2.16. The predicted molar refractivity (Wildman–Crippen MR) is 92.0 cm³/mol. The highest BCUT2D eigenvalue weighted by molar-refractivity contribution is 7.90. The van der Waals surface area contributed by atoms with Gasteiger partial charge >= 0.3 is 0 Å². The van der Waals surface area contributed by atoms with Crippen molar-refractivity contribution < 1.29 is 17.9 Å². The van der Waals surface area contributed by atoms with Gasteiger partial charge in [0.15, 0.2) is 9.84 Å².